The van der Waals surface area contributed by atoms with Crippen molar-refractivity contribution in [2.24, 2.45) is 5.92 Å². The number of nitrogens with one attached hydrogen (secondary N) is 1. The number of hydrogen-bond donors (Lipinski definition) is 1. The molecule has 0 atom stereocenters. The van der Waals surface area contributed by atoms with Gasteiger partial charge in [0, 0.05) is 20.0 Å². The van der Waals surface area contributed by atoms with Crippen LogP contribution in [0.15, 0.2) is 4.52 Å². The number of likely N-dealkylation sites (tertiary alicyclic amines) is 1. The van der Waals surface area contributed by atoms with Crippen molar-refractivity contribution in [1.29, 1.82) is 0 Å². The Bertz CT molecular complexity index is 397. The summed E-state index contributed by atoms with van der Waals surface area (Å²) in [6, 6.07) is 0. The Morgan fingerprint density at radius 1 is 1.50 bits per heavy atom. The van der Waals surface area contributed by atoms with E-state index in [1.807, 2.05) is 11.9 Å². The van der Waals surface area contributed by atoms with Gasteiger partial charge in [0.15, 0.2) is 0 Å². The molecule has 2 rings (SSSR count). The van der Waals surface area contributed by atoms with Crippen molar-refractivity contribution >= 4 is 5.91 Å². The SMILES string of the molecule is CNCCC1CCN(C(=O)c2noc(C)n2)CC1. The van der Waals surface area contributed by atoms with Crippen molar-refractivity contribution in [3.63, 3.8) is 0 Å². The van der Waals surface area contributed by atoms with Gasteiger partial charge in [-0.05, 0) is 38.8 Å². The zero-order valence-electron chi connectivity index (χ0n) is 11.0. The Morgan fingerprint density at radius 2 is 2.22 bits per heavy atom. The molecule has 6 heteroatoms. The highest BCUT2D eigenvalue weighted by molar-refractivity contribution is 5.90. The molecule has 1 N–H and O–H groups in total. The van der Waals surface area contributed by atoms with E-state index in [2.05, 4.69) is 15.5 Å². The van der Waals surface area contributed by atoms with Gasteiger partial charge in [0.25, 0.3) is 11.7 Å². The molecule has 0 saturated carbocycles. The number of amides is 1. The molecule has 100 valence electrons. The van der Waals surface area contributed by atoms with E-state index in [1.54, 1.807) is 6.92 Å². The second-order valence-corrected chi connectivity index (χ2v) is 4.76. The lowest BCUT2D eigenvalue weighted by Crippen LogP contribution is -2.39. The Labute approximate surface area is 107 Å². The van der Waals surface area contributed by atoms with Crippen LogP contribution in [0.5, 0.6) is 0 Å². The molecular formula is C12H20N4O2. The topological polar surface area (TPSA) is 71.3 Å². The third kappa shape index (κ3) is 3.07. The van der Waals surface area contributed by atoms with Crippen LogP contribution in [0.2, 0.25) is 0 Å². The maximum absolute atomic E-state index is 12.1. The molecule has 1 aliphatic heterocycles. The molecule has 2 heterocycles. The molecule has 0 aromatic carbocycles. The predicted molar refractivity (Wildman–Crippen MR) is 66.2 cm³/mol. The van der Waals surface area contributed by atoms with Crippen LogP contribution >= 0.6 is 0 Å². The maximum atomic E-state index is 12.1. The molecule has 6 nitrogen and oxygen atoms in total. The van der Waals surface area contributed by atoms with Gasteiger partial charge in [-0.15, -0.1) is 0 Å². The molecule has 1 amide bonds. The number of nitrogens with zero attached hydrogens (tertiary/aromatic N) is 3. The summed E-state index contributed by atoms with van der Waals surface area (Å²) in [7, 11) is 1.97. The summed E-state index contributed by atoms with van der Waals surface area (Å²) in [5.74, 6) is 1.22. The van der Waals surface area contributed by atoms with E-state index in [-0.39, 0.29) is 11.7 Å². The van der Waals surface area contributed by atoms with Crippen molar-refractivity contribution in [2.45, 2.75) is 26.2 Å². The summed E-state index contributed by atoms with van der Waals surface area (Å²) in [6.07, 6.45) is 3.30. The highest BCUT2D eigenvalue weighted by Gasteiger charge is 2.25. The van der Waals surface area contributed by atoms with Gasteiger partial charge in [-0.1, -0.05) is 5.16 Å². The van der Waals surface area contributed by atoms with Crippen LogP contribution in [-0.2, 0) is 0 Å². The van der Waals surface area contributed by atoms with Crippen molar-refractivity contribution < 1.29 is 9.32 Å². The lowest BCUT2D eigenvalue weighted by molar-refractivity contribution is 0.0671. The van der Waals surface area contributed by atoms with E-state index in [9.17, 15) is 4.79 Å². The molecule has 0 aliphatic carbocycles. The third-order valence-electron chi connectivity index (χ3n) is 3.42. The Balaban J connectivity index is 1.84. The summed E-state index contributed by atoms with van der Waals surface area (Å²) >= 11 is 0. The first-order chi connectivity index (χ1) is 8.70. The monoisotopic (exact) mass is 252 g/mol. The minimum Gasteiger partial charge on any atom is -0.339 e. The summed E-state index contributed by atoms with van der Waals surface area (Å²) in [5, 5.41) is 6.84. The molecule has 1 saturated heterocycles. The molecular weight excluding hydrogens is 232 g/mol. The van der Waals surface area contributed by atoms with Crippen LogP contribution in [0, 0.1) is 12.8 Å². The largest absolute Gasteiger partial charge is 0.339 e. The van der Waals surface area contributed by atoms with Gasteiger partial charge in [0.1, 0.15) is 0 Å². The average Bonchev–Trinajstić information content (AvgIpc) is 2.83. The molecule has 0 radical (unpaired) electrons. The zero-order chi connectivity index (χ0) is 13.0. The summed E-state index contributed by atoms with van der Waals surface area (Å²) in [4.78, 5) is 17.9. The van der Waals surface area contributed by atoms with Crippen LogP contribution in [-0.4, -0.2) is 47.6 Å². The van der Waals surface area contributed by atoms with E-state index >= 15 is 0 Å². The first-order valence-corrected chi connectivity index (χ1v) is 6.45. The smallest absolute Gasteiger partial charge is 0.295 e. The van der Waals surface area contributed by atoms with Gasteiger partial charge >= 0.3 is 0 Å². The van der Waals surface area contributed by atoms with Crippen molar-refractivity contribution in [2.75, 3.05) is 26.7 Å². The Hall–Kier alpha value is -1.43. The van der Waals surface area contributed by atoms with Crippen LogP contribution in [0.4, 0.5) is 0 Å². The van der Waals surface area contributed by atoms with Gasteiger partial charge in [-0.3, -0.25) is 4.79 Å². The predicted octanol–water partition coefficient (Wildman–Crippen LogP) is 0.840. The molecule has 1 fully saturated rings. The van der Waals surface area contributed by atoms with Gasteiger partial charge in [-0.25, -0.2) is 0 Å². The molecule has 0 bridgehead atoms. The van der Waals surface area contributed by atoms with Crippen molar-refractivity contribution in [3.8, 4) is 0 Å². The molecule has 18 heavy (non-hydrogen) atoms. The van der Waals surface area contributed by atoms with E-state index in [0.717, 1.165) is 32.5 Å². The van der Waals surface area contributed by atoms with E-state index in [0.29, 0.717) is 11.8 Å². The first kappa shape index (κ1) is 13.0. The highest BCUT2D eigenvalue weighted by Crippen LogP contribution is 2.20. The normalized spacial score (nSPS) is 17.1. The number of hydrogen-bond acceptors (Lipinski definition) is 5. The van der Waals surface area contributed by atoms with Crippen LogP contribution < -0.4 is 5.32 Å². The fraction of sp³-hybridized carbons (Fsp3) is 0.750. The number of aromatic nitrogens is 2. The summed E-state index contributed by atoms with van der Waals surface area (Å²) in [6.45, 7) is 4.32. The van der Waals surface area contributed by atoms with E-state index < -0.39 is 0 Å². The number of rotatable bonds is 4. The van der Waals surface area contributed by atoms with Crippen molar-refractivity contribution in [3.05, 3.63) is 11.7 Å². The summed E-state index contributed by atoms with van der Waals surface area (Å²) in [5.41, 5.74) is 0. The lowest BCUT2D eigenvalue weighted by Gasteiger charge is -2.31. The second kappa shape index (κ2) is 5.95. The van der Waals surface area contributed by atoms with Gasteiger partial charge in [0.2, 0.25) is 5.89 Å². The fourth-order valence-electron chi connectivity index (χ4n) is 2.30. The molecule has 1 aliphatic rings. The lowest BCUT2D eigenvalue weighted by atomic mass is 9.93. The van der Waals surface area contributed by atoms with Gasteiger partial charge < -0.3 is 14.7 Å². The number of carbonyl (C=O) groups excluding carboxylic acids is 1. The Kier molecular flexibility index (Phi) is 4.30. The molecule has 0 spiro atoms. The fourth-order valence-corrected chi connectivity index (χ4v) is 2.30. The first-order valence-electron chi connectivity index (χ1n) is 6.45. The summed E-state index contributed by atoms with van der Waals surface area (Å²) < 4.78 is 4.83. The number of carbonyl (C=O) groups is 1. The highest BCUT2D eigenvalue weighted by atomic mass is 16.5. The minimum absolute atomic E-state index is 0.112. The zero-order valence-corrected chi connectivity index (χ0v) is 11.0. The number of piperidine rings is 1. The van der Waals surface area contributed by atoms with Crippen LogP contribution in [0.3, 0.4) is 0 Å². The van der Waals surface area contributed by atoms with Crippen LogP contribution in [0.25, 0.3) is 0 Å². The average molecular weight is 252 g/mol. The molecule has 0 unspecified atom stereocenters. The van der Waals surface area contributed by atoms with Crippen LogP contribution in [0.1, 0.15) is 35.8 Å². The minimum atomic E-state index is -0.112. The molecule has 1 aromatic heterocycles. The second-order valence-electron chi connectivity index (χ2n) is 4.76. The third-order valence-corrected chi connectivity index (χ3v) is 3.42. The van der Waals surface area contributed by atoms with Gasteiger partial charge in [-0.2, -0.15) is 4.98 Å². The standard InChI is InChI=1S/C12H20N4O2/c1-9-14-11(15-18-9)12(17)16-7-4-10(5-8-16)3-6-13-2/h10,13H,3-8H2,1-2H3. The number of aryl methyl sites for hydroxylation is 1. The van der Waals surface area contributed by atoms with Gasteiger partial charge in [0.05, 0.1) is 0 Å². The maximum Gasteiger partial charge on any atom is 0.295 e. The quantitative estimate of drug-likeness (QED) is 0.859. The van der Waals surface area contributed by atoms with Crippen molar-refractivity contribution in [1.82, 2.24) is 20.4 Å². The van der Waals surface area contributed by atoms with E-state index in [4.69, 9.17) is 4.52 Å². The Morgan fingerprint density at radius 3 is 2.78 bits per heavy atom. The van der Waals surface area contributed by atoms with E-state index in [1.165, 1.54) is 6.42 Å². The molecule has 1 aromatic rings.